The molecular formula is C14H21N3O2S. The molecule has 1 aliphatic rings. The van der Waals surface area contributed by atoms with Crippen LogP contribution < -0.4 is 16.0 Å². The van der Waals surface area contributed by atoms with Crippen LogP contribution in [0.15, 0.2) is 18.7 Å². The molecule has 0 spiro atoms. The van der Waals surface area contributed by atoms with Crippen molar-refractivity contribution in [2.75, 3.05) is 37.4 Å². The number of ether oxygens (including phenoxy) is 1. The molecule has 110 valence electrons. The highest BCUT2D eigenvalue weighted by Gasteiger charge is 2.23. The smallest absolute Gasteiger partial charge is 0.263 e. The van der Waals surface area contributed by atoms with Crippen LogP contribution >= 0.6 is 11.3 Å². The van der Waals surface area contributed by atoms with Crippen molar-refractivity contribution in [3.8, 4) is 0 Å². The average Bonchev–Trinajstić information content (AvgIpc) is 2.87. The third-order valence-corrected chi connectivity index (χ3v) is 4.59. The Hall–Kier alpha value is -1.53. The number of rotatable bonds is 5. The number of nitrogens with two attached hydrogens (primary N) is 1. The van der Waals surface area contributed by atoms with Crippen LogP contribution in [0.5, 0.6) is 0 Å². The Morgan fingerprint density at radius 2 is 2.55 bits per heavy atom. The molecule has 20 heavy (non-hydrogen) atoms. The zero-order chi connectivity index (χ0) is 14.5. The quantitative estimate of drug-likeness (QED) is 0.814. The summed E-state index contributed by atoms with van der Waals surface area (Å²) >= 11 is 1.44. The third-order valence-electron chi connectivity index (χ3n) is 3.38. The summed E-state index contributed by atoms with van der Waals surface area (Å²) in [5.41, 5.74) is 6.49. The number of nitrogen functional groups attached to an aromatic ring is 1. The normalized spacial score (nSPS) is 18.9. The van der Waals surface area contributed by atoms with E-state index in [-0.39, 0.29) is 12.0 Å². The molecule has 6 heteroatoms. The highest BCUT2D eigenvalue weighted by atomic mass is 32.1. The molecule has 1 aromatic rings. The number of piperidine rings is 1. The molecule has 0 aromatic carbocycles. The number of methoxy groups -OCH3 is 1. The first kappa shape index (κ1) is 14.9. The summed E-state index contributed by atoms with van der Waals surface area (Å²) in [5.74, 6) is -0.140. The lowest BCUT2D eigenvalue weighted by Gasteiger charge is -2.32. The number of hydrogen-bond donors (Lipinski definition) is 2. The number of amides is 1. The largest absolute Gasteiger partial charge is 0.397 e. The first-order valence-corrected chi connectivity index (χ1v) is 7.53. The Morgan fingerprint density at radius 3 is 3.25 bits per heavy atom. The van der Waals surface area contributed by atoms with Gasteiger partial charge in [-0.15, -0.1) is 17.9 Å². The van der Waals surface area contributed by atoms with Crippen LogP contribution in [0.2, 0.25) is 0 Å². The Bertz CT molecular complexity index is 487. The standard InChI is InChI=1S/C14H21N3O2S/c1-3-6-16-14(18)13-11(15)8-12(20-13)17-7-4-5-10(9-17)19-2/h3,8,10H,1,4-7,9,15H2,2H3,(H,16,18). The lowest BCUT2D eigenvalue weighted by Crippen LogP contribution is -2.38. The molecule has 5 nitrogen and oxygen atoms in total. The van der Waals surface area contributed by atoms with Crippen LogP contribution in [0.4, 0.5) is 10.7 Å². The zero-order valence-electron chi connectivity index (χ0n) is 11.7. The van der Waals surface area contributed by atoms with Gasteiger partial charge in [-0.2, -0.15) is 0 Å². The van der Waals surface area contributed by atoms with Gasteiger partial charge in [0.15, 0.2) is 0 Å². The fraction of sp³-hybridized carbons (Fsp3) is 0.500. The van der Waals surface area contributed by atoms with Crippen LogP contribution in [0.1, 0.15) is 22.5 Å². The minimum atomic E-state index is -0.140. The first-order valence-electron chi connectivity index (χ1n) is 6.71. The van der Waals surface area contributed by atoms with Crippen molar-refractivity contribution in [2.24, 2.45) is 0 Å². The van der Waals surface area contributed by atoms with Crippen LogP contribution in [-0.4, -0.2) is 38.8 Å². The number of anilines is 2. The molecule has 1 aromatic heterocycles. The van der Waals surface area contributed by atoms with Gasteiger partial charge in [0, 0.05) is 26.7 Å². The van der Waals surface area contributed by atoms with Crippen molar-refractivity contribution in [3.63, 3.8) is 0 Å². The van der Waals surface area contributed by atoms with E-state index in [0.717, 1.165) is 30.9 Å². The summed E-state index contributed by atoms with van der Waals surface area (Å²) in [5, 5.41) is 3.79. The monoisotopic (exact) mass is 295 g/mol. The van der Waals surface area contributed by atoms with Crippen molar-refractivity contribution in [1.82, 2.24) is 5.32 Å². The molecule has 0 saturated carbocycles. The number of nitrogens with zero attached hydrogens (tertiary/aromatic N) is 1. The highest BCUT2D eigenvalue weighted by Crippen LogP contribution is 2.33. The highest BCUT2D eigenvalue weighted by molar-refractivity contribution is 7.18. The zero-order valence-corrected chi connectivity index (χ0v) is 12.5. The Kier molecular flexibility index (Phi) is 5.03. The van der Waals surface area contributed by atoms with Crippen molar-refractivity contribution in [2.45, 2.75) is 18.9 Å². The number of thiophene rings is 1. The molecule has 3 N–H and O–H groups in total. The van der Waals surface area contributed by atoms with Gasteiger partial charge in [0.1, 0.15) is 4.88 Å². The second kappa shape index (κ2) is 6.76. The maximum Gasteiger partial charge on any atom is 0.263 e. The summed E-state index contributed by atoms with van der Waals surface area (Å²) in [7, 11) is 1.74. The molecule has 0 aliphatic carbocycles. The number of nitrogens with one attached hydrogen (secondary N) is 1. The molecule has 1 unspecified atom stereocenters. The number of carbonyl (C=O) groups is 1. The van der Waals surface area contributed by atoms with E-state index in [9.17, 15) is 4.79 Å². The van der Waals surface area contributed by atoms with Gasteiger partial charge in [0.05, 0.1) is 16.8 Å². The lowest BCUT2D eigenvalue weighted by molar-refractivity contribution is 0.0895. The lowest BCUT2D eigenvalue weighted by atomic mass is 10.1. The summed E-state index contributed by atoms with van der Waals surface area (Å²) in [4.78, 5) is 14.8. The van der Waals surface area contributed by atoms with E-state index in [1.54, 1.807) is 13.2 Å². The van der Waals surface area contributed by atoms with Gasteiger partial charge in [-0.25, -0.2) is 0 Å². The van der Waals surface area contributed by atoms with Crippen LogP contribution in [0.3, 0.4) is 0 Å². The van der Waals surface area contributed by atoms with Crippen molar-refractivity contribution in [1.29, 1.82) is 0 Å². The van der Waals surface area contributed by atoms with Crippen molar-refractivity contribution in [3.05, 3.63) is 23.6 Å². The van der Waals surface area contributed by atoms with Crippen molar-refractivity contribution >= 4 is 27.9 Å². The van der Waals surface area contributed by atoms with Crippen molar-refractivity contribution < 1.29 is 9.53 Å². The van der Waals surface area contributed by atoms with E-state index >= 15 is 0 Å². The Labute approximate surface area is 123 Å². The topological polar surface area (TPSA) is 67.6 Å². The average molecular weight is 295 g/mol. The molecular weight excluding hydrogens is 274 g/mol. The summed E-state index contributed by atoms with van der Waals surface area (Å²) < 4.78 is 5.42. The molecule has 0 bridgehead atoms. The van der Waals surface area contributed by atoms with E-state index in [4.69, 9.17) is 10.5 Å². The van der Waals surface area contributed by atoms with Gasteiger partial charge in [0.2, 0.25) is 0 Å². The van der Waals surface area contributed by atoms with E-state index in [1.165, 1.54) is 11.3 Å². The fourth-order valence-electron chi connectivity index (χ4n) is 2.30. The van der Waals surface area contributed by atoms with Gasteiger partial charge in [-0.3, -0.25) is 4.79 Å². The summed E-state index contributed by atoms with van der Waals surface area (Å²) in [6, 6.07) is 1.88. The summed E-state index contributed by atoms with van der Waals surface area (Å²) in [6.45, 7) is 5.86. The van der Waals surface area contributed by atoms with E-state index in [1.807, 2.05) is 6.07 Å². The minimum absolute atomic E-state index is 0.140. The molecule has 1 fully saturated rings. The van der Waals surface area contributed by atoms with Crippen LogP contribution in [-0.2, 0) is 4.74 Å². The van der Waals surface area contributed by atoms with E-state index < -0.39 is 0 Å². The summed E-state index contributed by atoms with van der Waals surface area (Å²) in [6.07, 6.45) is 4.08. The molecule has 1 saturated heterocycles. The van der Waals surface area contributed by atoms with Gasteiger partial charge in [-0.1, -0.05) is 6.08 Å². The van der Waals surface area contributed by atoms with Gasteiger partial charge in [0.25, 0.3) is 5.91 Å². The predicted octanol–water partition coefficient (Wildman–Crippen LogP) is 1.86. The van der Waals surface area contributed by atoms with E-state index in [2.05, 4.69) is 16.8 Å². The Balaban J connectivity index is 2.10. The predicted molar refractivity (Wildman–Crippen MR) is 83.5 cm³/mol. The minimum Gasteiger partial charge on any atom is -0.397 e. The number of hydrogen-bond acceptors (Lipinski definition) is 5. The van der Waals surface area contributed by atoms with Gasteiger partial charge >= 0.3 is 0 Å². The maximum absolute atomic E-state index is 12.0. The van der Waals surface area contributed by atoms with Gasteiger partial charge < -0.3 is 20.7 Å². The number of carbonyl (C=O) groups excluding carboxylic acids is 1. The molecule has 2 heterocycles. The Morgan fingerprint density at radius 1 is 1.75 bits per heavy atom. The van der Waals surface area contributed by atoms with Gasteiger partial charge in [-0.05, 0) is 18.9 Å². The van der Waals surface area contributed by atoms with Crippen LogP contribution in [0.25, 0.3) is 0 Å². The maximum atomic E-state index is 12.0. The molecule has 1 amide bonds. The molecule has 2 rings (SSSR count). The molecule has 1 atom stereocenters. The first-order chi connectivity index (χ1) is 9.65. The SMILES string of the molecule is C=CCNC(=O)c1sc(N2CCCC(OC)C2)cc1N. The second-order valence-corrected chi connectivity index (χ2v) is 5.84. The molecule has 0 radical (unpaired) electrons. The fourth-order valence-corrected chi connectivity index (χ4v) is 3.33. The van der Waals surface area contributed by atoms with E-state index in [0.29, 0.717) is 17.1 Å². The second-order valence-electron chi connectivity index (χ2n) is 4.81. The molecule has 1 aliphatic heterocycles. The third kappa shape index (κ3) is 3.32. The van der Waals surface area contributed by atoms with Crippen LogP contribution in [0, 0.1) is 0 Å².